The van der Waals surface area contributed by atoms with E-state index in [-0.39, 0.29) is 11.9 Å². The van der Waals surface area contributed by atoms with Crippen molar-refractivity contribution in [3.63, 3.8) is 0 Å². The summed E-state index contributed by atoms with van der Waals surface area (Å²) >= 11 is 3.27. The topological polar surface area (TPSA) is 93.8 Å². The molecule has 0 spiro atoms. The first-order valence-electron chi connectivity index (χ1n) is 4.67. The number of nitrogens with two attached hydrogens (primary N) is 1. The number of hydrogen-bond donors (Lipinski definition) is 2. The number of benzene rings is 1. The third-order valence-electron chi connectivity index (χ3n) is 1.94. The van der Waals surface area contributed by atoms with Crippen LogP contribution in [-0.2, 0) is 0 Å². The maximum absolute atomic E-state index is 11.9. The van der Waals surface area contributed by atoms with Gasteiger partial charge >= 0.3 is 0 Å². The molecule has 0 aliphatic heterocycles. The van der Waals surface area contributed by atoms with Crippen LogP contribution < -0.4 is 11.1 Å². The minimum Gasteiger partial charge on any atom is -0.399 e. The van der Waals surface area contributed by atoms with E-state index >= 15 is 0 Å². The van der Waals surface area contributed by atoms with E-state index in [0.717, 1.165) is 0 Å². The fourth-order valence-corrected chi connectivity index (χ4v) is 1.62. The highest BCUT2D eigenvalue weighted by Crippen LogP contribution is 2.20. The third kappa shape index (κ3) is 2.76. The van der Waals surface area contributed by atoms with Crippen molar-refractivity contribution < 1.29 is 4.79 Å². The van der Waals surface area contributed by atoms with Gasteiger partial charge in [-0.3, -0.25) is 10.1 Å². The van der Waals surface area contributed by atoms with Gasteiger partial charge in [-0.1, -0.05) is 0 Å². The van der Waals surface area contributed by atoms with Crippen LogP contribution in [0.3, 0.4) is 0 Å². The number of carbonyl (C=O) groups is 1. The number of aromatic nitrogens is 3. The molecule has 0 aliphatic rings. The number of nitrogen functional groups attached to an aromatic ring is 1. The second-order valence-corrected chi connectivity index (χ2v) is 4.01. The van der Waals surface area contributed by atoms with Gasteiger partial charge in [0, 0.05) is 10.2 Å². The quantitative estimate of drug-likeness (QED) is 0.818. The predicted molar refractivity (Wildman–Crippen MR) is 66.3 cm³/mol. The van der Waals surface area contributed by atoms with Crippen molar-refractivity contribution in [3.05, 3.63) is 40.6 Å². The summed E-state index contributed by atoms with van der Waals surface area (Å²) in [5, 5.41) is 9.78. The molecule has 0 aliphatic carbocycles. The Morgan fingerprint density at radius 2 is 2.18 bits per heavy atom. The van der Waals surface area contributed by atoms with Crippen molar-refractivity contribution >= 4 is 33.5 Å². The van der Waals surface area contributed by atoms with Gasteiger partial charge in [-0.05, 0) is 34.1 Å². The summed E-state index contributed by atoms with van der Waals surface area (Å²) in [6, 6.07) is 4.96. The molecule has 0 bridgehead atoms. The molecular weight excluding hydrogens is 286 g/mol. The first-order valence-corrected chi connectivity index (χ1v) is 5.46. The molecule has 7 heteroatoms. The summed E-state index contributed by atoms with van der Waals surface area (Å²) in [5.41, 5.74) is 6.53. The maximum Gasteiger partial charge on any atom is 0.259 e. The van der Waals surface area contributed by atoms with Crippen molar-refractivity contribution in [3.8, 4) is 0 Å². The predicted octanol–water partition coefficient (Wildman–Crippen LogP) is 1.47. The van der Waals surface area contributed by atoms with Gasteiger partial charge in [0.1, 0.15) is 0 Å². The van der Waals surface area contributed by atoms with E-state index in [0.29, 0.717) is 15.7 Å². The summed E-state index contributed by atoms with van der Waals surface area (Å²) in [7, 11) is 0. The van der Waals surface area contributed by atoms with Gasteiger partial charge in [-0.15, -0.1) is 5.10 Å². The molecule has 0 atom stereocenters. The average molecular weight is 294 g/mol. The van der Waals surface area contributed by atoms with E-state index in [1.165, 1.54) is 12.4 Å². The largest absolute Gasteiger partial charge is 0.399 e. The third-order valence-corrected chi connectivity index (χ3v) is 2.63. The Morgan fingerprint density at radius 3 is 2.88 bits per heavy atom. The van der Waals surface area contributed by atoms with E-state index in [9.17, 15) is 4.79 Å². The highest BCUT2D eigenvalue weighted by atomic mass is 79.9. The highest BCUT2D eigenvalue weighted by Gasteiger charge is 2.11. The number of rotatable bonds is 2. The Morgan fingerprint density at radius 1 is 1.35 bits per heavy atom. The number of anilines is 2. The fraction of sp³-hybridized carbons (Fsp3) is 0. The number of halogens is 1. The van der Waals surface area contributed by atoms with Gasteiger partial charge in [-0.25, -0.2) is 4.98 Å². The van der Waals surface area contributed by atoms with Crippen molar-refractivity contribution in [2.45, 2.75) is 0 Å². The lowest BCUT2D eigenvalue weighted by Gasteiger charge is -2.05. The standard InChI is InChI=1S/C10H8BrN5O/c11-8-2-1-6(12)5-7(8)9(17)15-10-13-3-4-14-16-10/h1-5H,12H2,(H,13,15,16,17). The number of nitrogens with zero attached hydrogens (tertiary/aromatic N) is 3. The number of amides is 1. The number of hydrogen-bond acceptors (Lipinski definition) is 5. The Kier molecular flexibility index (Phi) is 3.29. The Hall–Kier alpha value is -2.02. The second-order valence-electron chi connectivity index (χ2n) is 3.16. The molecule has 1 aromatic heterocycles. The lowest BCUT2D eigenvalue weighted by Crippen LogP contribution is -2.15. The molecule has 3 N–H and O–H groups in total. The van der Waals surface area contributed by atoms with Gasteiger partial charge in [-0.2, -0.15) is 5.10 Å². The first-order chi connectivity index (χ1) is 8.16. The van der Waals surface area contributed by atoms with Crippen LogP contribution >= 0.6 is 15.9 Å². The second kappa shape index (κ2) is 4.88. The molecule has 0 unspecified atom stereocenters. The summed E-state index contributed by atoms with van der Waals surface area (Å²) < 4.78 is 0.646. The van der Waals surface area contributed by atoms with Crippen LogP contribution in [0.5, 0.6) is 0 Å². The van der Waals surface area contributed by atoms with Crippen molar-refractivity contribution in [1.29, 1.82) is 0 Å². The fourth-order valence-electron chi connectivity index (χ4n) is 1.19. The molecule has 0 saturated heterocycles. The van der Waals surface area contributed by atoms with E-state index < -0.39 is 0 Å². The van der Waals surface area contributed by atoms with Crippen molar-refractivity contribution in [1.82, 2.24) is 15.2 Å². The molecule has 0 radical (unpaired) electrons. The van der Waals surface area contributed by atoms with E-state index in [1.807, 2.05) is 0 Å². The van der Waals surface area contributed by atoms with Crippen LogP contribution in [0.2, 0.25) is 0 Å². The maximum atomic E-state index is 11.9. The Balaban J connectivity index is 2.23. The summed E-state index contributed by atoms with van der Waals surface area (Å²) in [6.07, 6.45) is 2.86. The zero-order chi connectivity index (χ0) is 12.3. The molecule has 0 saturated carbocycles. The molecule has 17 heavy (non-hydrogen) atoms. The normalized spacial score (nSPS) is 9.94. The van der Waals surface area contributed by atoms with E-state index in [2.05, 4.69) is 36.4 Å². The lowest BCUT2D eigenvalue weighted by molar-refractivity contribution is 0.102. The van der Waals surface area contributed by atoms with Crippen LogP contribution in [0, 0.1) is 0 Å². The van der Waals surface area contributed by atoms with Crippen LogP contribution in [0.1, 0.15) is 10.4 Å². The van der Waals surface area contributed by atoms with Crippen molar-refractivity contribution in [2.75, 3.05) is 11.1 Å². The zero-order valence-corrected chi connectivity index (χ0v) is 10.2. The van der Waals surface area contributed by atoms with E-state index in [4.69, 9.17) is 5.73 Å². The van der Waals surface area contributed by atoms with E-state index in [1.54, 1.807) is 18.2 Å². The number of carbonyl (C=O) groups excluding carboxylic acids is 1. The van der Waals surface area contributed by atoms with Crippen LogP contribution in [-0.4, -0.2) is 21.1 Å². The average Bonchev–Trinajstić information content (AvgIpc) is 2.33. The van der Waals surface area contributed by atoms with Gasteiger partial charge in [0.05, 0.1) is 18.0 Å². The monoisotopic (exact) mass is 293 g/mol. The van der Waals surface area contributed by atoms with Gasteiger partial charge < -0.3 is 5.73 Å². The Bertz CT molecular complexity index is 546. The number of nitrogens with one attached hydrogen (secondary N) is 1. The molecule has 6 nitrogen and oxygen atoms in total. The minimum absolute atomic E-state index is 0.145. The molecule has 2 aromatic rings. The molecule has 86 valence electrons. The summed E-state index contributed by atoms with van der Waals surface area (Å²) in [6.45, 7) is 0. The molecule has 1 aromatic carbocycles. The molecule has 0 fully saturated rings. The SMILES string of the molecule is Nc1ccc(Br)c(C(=O)Nc2nccnn2)c1. The van der Waals surface area contributed by atoms with Crippen LogP contribution in [0.15, 0.2) is 35.1 Å². The van der Waals surface area contributed by atoms with Crippen LogP contribution in [0.4, 0.5) is 11.6 Å². The molecular formula is C10H8BrN5O. The van der Waals surface area contributed by atoms with Gasteiger partial charge in [0.25, 0.3) is 5.91 Å². The molecule has 1 heterocycles. The lowest BCUT2D eigenvalue weighted by atomic mass is 10.2. The summed E-state index contributed by atoms with van der Waals surface area (Å²) in [5.74, 6) is -0.205. The van der Waals surface area contributed by atoms with Gasteiger partial charge in [0.2, 0.25) is 5.95 Å². The molecule has 1 amide bonds. The summed E-state index contributed by atoms with van der Waals surface area (Å²) in [4.78, 5) is 15.7. The Labute approximate surface area is 105 Å². The van der Waals surface area contributed by atoms with Gasteiger partial charge in [0.15, 0.2) is 0 Å². The minimum atomic E-state index is -0.350. The first kappa shape index (κ1) is 11.5. The highest BCUT2D eigenvalue weighted by molar-refractivity contribution is 9.10. The van der Waals surface area contributed by atoms with Crippen molar-refractivity contribution in [2.24, 2.45) is 0 Å². The zero-order valence-electron chi connectivity index (χ0n) is 8.59. The smallest absolute Gasteiger partial charge is 0.259 e. The van der Waals surface area contributed by atoms with Crippen LogP contribution in [0.25, 0.3) is 0 Å². The molecule has 2 rings (SSSR count).